The summed E-state index contributed by atoms with van der Waals surface area (Å²) in [7, 11) is 0. The van der Waals surface area contributed by atoms with Crippen molar-refractivity contribution in [3.8, 4) is 5.75 Å². The van der Waals surface area contributed by atoms with Crippen LogP contribution < -0.4 is 5.43 Å². The van der Waals surface area contributed by atoms with E-state index >= 15 is 0 Å². The maximum atomic E-state index is 11.3. The van der Waals surface area contributed by atoms with Crippen LogP contribution >= 0.6 is 15.9 Å². The van der Waals surface area contributed by atoms with Crippen LogP contribution in [-0.4, -0.2) is 9.67 Å². The molecular weight excluding hydrogens is 310 g/mol. The van der Waals surface area contributed by atoms with Gasteiger partial charge in [0.1, 0.15) is 12.0 Å². The third-order valence-corrected chi connectivity index (χ3v) is 3.36. The lowest BCUT2D eigenvalue weighted by molar-refractivity contribution is 0.408. The predicted octanol–water partition coefficient (Wildman–Crippen LogP) is 3.11. The lowest BCUT2D eigenvalue weighted by Crippen LogP contribution is -2.03. The van der Waals surface area contributed by atoms with E-state index in [9.17, 15) is 4.79 Å². The highest BCUT2D eigenvalue weighted by Gasteiger charge is 2.04. The number of hydrogen-bond donors (Lipinski definition) is 1. The van der Waals surface area contributed by atoms with E-state index in [1.54, 1.807) is 0 Å². The van der Waals surface area contributed by atoms with Crippen LogP contribution in [0.4, 0.5) is 0 Å². The van der Waals surface area contributed by atoms with Gasteiger partial charge in [-0.2, -0.15) is 0 Å². The molecule has 0 saturated heterocycles. The molecule has 0 fully saturated rings. The van der Waals surface area contributed by atoms with Gasteiger partial charge in [-0.15, -0.1) is 0 Å². The summed E-state index contributed by atoms with van der Waals surface area (Å²) >= 11 is 3.43. The molecule has 4 nitrogen and oxygen atoms in total. The topological polar surface area (TPSA) is 55.4 Å². The molecule has 0 aliphatic carbocycles. The van der Waals surface area contributed by atoms with E-state index in [2.05, 4.69) is 15.9 Å². The summed E-state index contributed by atoms with van der Waals surface area (Å²) in [5.41, 5.74) is -0.430. The van der Waals surface area contributed by atoms with Crippen molar-refractivity contribution in [3.05, 3.63) is 63.4 Å². The fourth-order valence-corrected chi connectivity index (χ4v) is 2.35. The van der Waals surface area contributed by atoms with Gasteiger partial charge in [0, 0.05) is 28.3 Å². The van der Waals surface area contributed by atoms with Crippen LogP contribution in [0.2, 0.25) is 0 Å². The summed E-state index contributed by atoms with van der Waals surface area (Å²) in [5, 5.41) is 11.4. The largest absolute Gasteiger partial charge is 0.502 e. The Kier molecular flexibility index (Phi) is 2.91. The minimum absolute atomic E-state index is 0.370. The average molecular weight is 320 g/mol. The number of aromatic nitrogens is 1. The molecule has 0 spiro atoms. The predicted molar refractivity (Wildman–Crippen MR) is 75.4 cm³/mol. The van der Waals surface area contributed by atoms with Crippen molar-refractivity contribution in [2.24, 2.45) is 0 Å². The summed E-state index contributed by atoms with van der Waals surface area (Å²) in [5.74, 6) is 0.132. The summed E-state index contributed by atoms with van der Waals surface area (Å²) < 4.78 is 8.14. The van der Waals surface area contributed by atoms with Gasteiger partial charge < -0.3 is 14.1 Å². The highest BCUT2D eigenvalue weighted by Crippen LogP contribution is 2.21. The molecule has 1 aromatic carbocycles. The van der Waals surface area contributed by atoms with Gasteiger partial charge in [-0.25, -0.2) is 0 Å². The Labute approximate surface area is 117 Å². The second kappa shape index (κ2) is 4.59. The fraction of sp³-hybridized carbons (Fsp3) is 0.0714. The molecule has 96 valence electrons. The first kappa shape index (κ1) is 12.0. The Balaban J connectivity index is 1.96. The Bertz CT molecular complexity index is 804. The Morgan fingerprint density at radius 2 is 2.00 bits per heavy atom. The summed E-state index contributed by atoms with van der Waals surface area (Å²) in [4.78, 5) is 11.3. The van der Waals surface area contributed by atoms with Crippen LogP contribution in [0.25, 0.3) is 10.8 Å². The van der Waals surface area contributed by atoms with Crippen molar-refractivity contribution >= 4 is 26.7 Å². The van der Waals surface area contributed by atoms with Gasteiger partial charge in [0.15, 0.2) is 5.75 Å². The number of benzene rings is 1. The first-order valence-electron chi connectivity index (χ1n) is 5.67. The van der Waals surface area contributed by atoms with Crippen LogP contribution in [0, 0.1) is 0 Å². The quantitative estimate of drug-likeness (QED) is 0.789. The maximum Gasteiger partial charge on any atom is 0.226 e. The SMILES string of the molecule is O=c1cc(Cn2cc3ccc(Br)cc3c2)occ1O. The lowest BCUT2D eigenvalue weighted by Gasteiger charge is -2.01. The van der Waals surface area contributed by atoms with Crippen molar-refractivity contribution in [1.29, 1.82) is 0 Å². The van der Waals surface area contributed by atoms with Crippen molar-refractivity contribution in [2.45, 2.75) is 6.54 Å². The van der Waals surface area contributed by atoms with Crippen LogP contribution in [0.1, 0.15) is 5.76 Å². The molecule has 0 unspecified atom stereocenters. The molecular formula is C14H10BrNO3. The Morgan fingerprint density at radius 1 is 1.21 bits per heavy atom. The Morgan fingerprint density at radius 3 is 2.79 bits per heavy atom. The number of halogens is 1. The fourth-order valence-electron chi connectivity index (χ4n) is 1.97. The van der Waals surface area contributed by atoms with E-state index in [-0.39, 0.29) is 5.75 Å². The van der Waals surface area contributed by atoms with E-state index in [0.29, 0.717) is 12.3 Å². The van der Waals surface area contributed by atoms with Gasteiger partial charge in [-0.3, -0.25) is 4.79 Å². The molecule has 0 radical (unpaired) electrons. The van der Waals surface area contributed by atoms with Gasteiger partial charge in [-0.05, 0) is 17.5 Å². The Hall–Kier alpha value is -2.01. The van der Waals surface area contributed by atoms with Crippen LogP contribution in [-0.2, 0) is 6.54 Å². The molecule has 2 aromatic heterocycles. The second-order valence-electron chi connectivity index (χ2n) is 4.30. The van der Waals surface area contributed by atoms with Gasteiger partial charge in [0.05, 0.1) is 6.54 Å². The number of rotatable bonds is 2. The molecule has 0 bridgehead atoms. The highest BCUT2D eigenvalue weighted by atomic mass is 79.9. The molecule has 19 heavy (non-hydrogen) atoms. The zero-order chi connectivity index (χ0) is 13.4. The third-order valence-electron chi connectivity index (χ3n) is 2.86. The summed E-state index contributed by atoms with van der Waals surface area (Å²) in [6.07, 6.45) is 5.03. The lowest BCUT2D eigenvalue weighted by atomic mass is 10.2. The monoisotopic (exact) mass is 319 g/mol. The number of aromatic hydroxyl groups is 1. The maximum absolute atomic E-state index is 11.3. The zero-order valence-corrected chi connectivity index (χ0v) is 11.4. The highest BCUT2D eigenvalue weighted by molar-refractivity contribution is 9.10. The van der Waals surface area contributed by atoms with Crippen molar-refractivity contribution < 1.29 is 9.52 Å². The van der Waals surface area contributed by atoms with E-state index in [1.165, 1.54) is 6.07 Å². The van der Waals surface area contributed by atoms with Gasteiger partial charge in [0.2, 0.25) is 5.43 Å². The molecule has 0 saturated carbocycles. The van der Waals surface area contributed by atoms with E-state index in [1.807, 2.05) is 35.2 Å². The molecule has 0 aliphatic rings. The van der Waals surface area contributed by atoms with Gasteiger partial charge in [-0.1, -0.05) is 22.0 Å². The molecule has 3 aromatic rings. The third kappa shape index (κ3) is 2.42. The molecule has 0 amide bonds. The minimum Gasteiger partial charge on any atom is -0.502 e. The number of fused-ring (bicyclic) bond motifs is 1. The van der Waals surface area contributed by atoms with Crippen molar-refractivity contribution in [1.82, 2.24) is 4.57 Å². The molecule has 0 aliphatic heterocycles. The first-order chi connectivity index (χ1) is 9.11. The molecule has 2 heterocycles. The van der Waals surface area contributed by atoms with Gasteiger partial charge >= 0.3 is 0 Å². The first-order valence-corrected chi connectivity index (χ1v) is 6.47. The smallest absolute Gasteiger partial charge is 0.226 e. The molecule has 1 N–H and O–H groups in total. The number of hydrogen-bond acceptors (Lipinski definition) is 3. The van der Waals surface area contributed by atoms with Crippen LogP contribution in [0.3, 0.4) is 0 Å². The van der Waals surface area contributed by atoms with Crippen LogP contribution in [0.15, 0.2) is 56.6 Å². The van der Waals surface area contributed by atoms with Crippen molar-refractivity contribution in [2.75, 3.05) is 0 Å². The van der Waals surface area contributed by atoms with Crippen LogP contribution in [0.5, 0.6) is 5.75 Å². The van der Waals surface area contributed by atoms with Crippen molar-refractivity contribution in [3.63, 3.8) is 0 Å². The average Bonchev–Trinajstić information content (AvgIpc) is 2.75. The normalized spacial score (nSPS) is 11.0. The summed E-state index contributed by atoms with van der Waals surface area (Å²) in [6, 6.07) is 7.32. The second-order valence-corrected chi connectivity index (χ2v) is 5.22. The molecule has 3 rings (SSSR count). The van der Waals surface area contributed by atoms with E-state index in [4.69, 9.17) is 9.52 Å². The van der Waals surface area contributed by atoms with E-state index < -0.39 is 5.43 Å². The minimum atomic E-state index is -0.430. The van der Waals surface area contributed by atoms with E-state index in [0.717, 1.165) is 21.5 Å². The molecule has 5 heteroatoms. The van der Waals surface area contributed by atoms with Gasteiger partial charge in [0.25, 0.3) is 0 Å². The standard InChI is InChI=1S/C14H10BrNO3/c15-11-2-1-9-5-16(6-10(9)3-11)7-12-4-13(17)14(18)8-19-12/h1-6,8,18H,7H2. The summed E-state index contributed by atoms with van der Waals surface area (Å²) in [6.45, 7) is 0.446. The number of nitrogens with zero attached hydrogens (tertiary/aromatic N) is 1. The molecule has 0 atom stereocenters. The zero-order valence-electron chi connectivity index (χ0n) is 9.84.